The monoisotopic (exact) mass is 470 g/mol. The second-order valence-electron chi connectivity index (χ2n) is 6.68. The van der Waals surface area contributed by atoms with Crippen LogP contribution in [-0.4, -0.2) is 35.9 Å². The van der Waals surface area contributed by atoms with Gasteiger partial charge in [0.2, 0.25) is 5.91 Å². The summed E-state index contributed by atoms with van der Waals surface area (Å²) < 4.78 is 5.61. The number of benzene rings is 2. The fraction of sp³-hybridized carbons (Fsp3) is 0.364. The van der Waals surface area contributed by atoms with Gasteiger partial charge in [-0.15, -0.1) is 0 Å². The minimum absolute atomic E-state index is 0.0966. The Hall–Kier alpha value is -1.95. The first kappa shape index (κ1) is 24.3. The summed E-state index contributed by atoms with van der Waals surface area (Å²) in [6.07, 6.45) is 1.23. The molecular formula is C22H25Cl3N2O3. The van der Waals surface area contributed by atoms with Crippen LogP contribution in [0.4, 0.5) is 0 Å². The minimum Gasteiger partial charge on any atom is -0.484 e. The summed E-state index contributed by atoms with van der Waals surface area (Å²) in [5.74, 6) is -0.0613. The van der Waals surface area contributed by atoms with E-state index in [0.717, 1.165) is 6.42 Å². The van der Waals surface area contributed by atoms with E-state index in [9.17, 15) is 9.59 Å². The fourth-order valence-electron chi connectivity index (χ4n) is 2.90. The second-order valence-corrected chi connectivity index (χ2v) is 7.93. The zero-order valence-electron chi connectivity index (χ0n) is 17.0. The second kappa shape index (κ2) is 12.0. The van der Waals surface area contributed by atoms with Crippen molar-refractivity contribution in [1.29, 1.82) is 0 Å². The molecule has 8 heteroatoms. The predicted octanol–water partition coefficient (Wildman–Crippen LogP) is 5.36. The topological polar surface area (TPSA) is 58.6 Å². The van der Waals surface area contributed by atoms with Crippen molar-refractivity contribution in [2.45, 2.75) is 39.3 Å². The zero-order chi connectivity index (χ0) is 22.1. The van der Waals surface area contributed by atoms with Gasteiger partial charge in [-0.1, -0.05) is 54.7 Å². The van der Waals surface area contributed by atoms with Gasteiger partial charge in [-0.25, -0.2) is 0 Å². The van der Waals surface area contributed by atoms with Gasteiger partial charge in [0.05, 0.1) is 0 Å². The number of ether oxygens (including phenoxy) is 1. The van der Waals surface area contributed by atoms with Crippen LogP contribution in [0.15, 0.2) is 42.5 Å². The number of nitrogens with one attached hydrogen (secondary N) is 1. The molecule has 1 atom stereocenters. The molecule has 0 saturated carbocycles. The van der Waals surface area contributed by atoms with Crippen LogP contribution in [0.5, 0.6) is 5.75 Å². The van der Waals surface area contributed by atoms with Gasteiger partial charge in [-0.3, -0.25) is 9.59 Å². The van der Waals surface area contributed by atoms with Crippen molar-refractivity contribution in [3.05, 3.63) is 63.1 Å². The van der Waals surface area contributed by atoms with Crippen LogP contribution in [0.25, 0.3) is 0 Å². The molecule has 0 aliphatic rings. The number of carbonyl (C=O) groups is 2. The van der Waals surface area contributed by atoms with Crippen molar-refractivity contribution < 1.29 is 14.3 Å². The summed E-state index contributed by atoms with van der Waals surface area (Å²) >= 11 is 18.5. The Kier molecular flexibility index (Phi) is 9.76. The Labute approximate surface area is 192 Å². The fourth-order valence-corrected chi connectivity index (χ4v) is 3.54. The van der Waals surface area contributed by atoms with E-state index in [1.807, 2.05) is 13.8 Å². The average Bonchev–Trinajstić information content (AvgIpc) is 2.73. The lowest BCUT2D eigenvalue weighted by Crippen LogP contribution is -2.50. The molecule has 0 aromatic heterocycles. The zero-order valence-corrected chi connectivity index (χ0v) is 19.2. The third-order valence-corrected chi connectivity index (χ3v) is 5.46. The highest BCUT2D eigenvalue weighted by Crippen LogP contribution is 2.27. The first-order valence-electron chi connectivity index (χ1n) is 9.75. The molecule has 5 nitrogen and oxygen atoms in total. The van der Waals surface area contributed by atoms with Crippen LogP contribution < -0.4 is 10.1 Å². The third kappa shape index (κ3) is 6.79. The molecule has 0 bridgehead atoms. The van der Waals surface area contributed by atoms with E-state index in [0.29, 0.717) is 39.3 Å². The highest BCUT2D eigenvalue weighted by atomic mass is 35.5. The Bertz CT molecular complexity index is 839. The predicted molar refractivity (Wildman–Crippen MR) is 121 cm³/mol. The largest absolute Gasteiger partial charge is 0.484 e. The highest BCUT2D eigenvalue weighted by Gasteiger charge is 2.29. The lowest BCUT2D eigenvalue weighted by molar-refractivity contribution is -0.143. The molecule has 0 saturated heterocycles. The lowest BCUT2D eigenvalue weighted by Gasteiger charge is -2.31. The van der Waals surface area contributed by atoms with Gasteiger partial charge >= 0.3 is 0 Å². The highest BCUT2D eigenvalue weighted by molar-refractivity contribution is 6.36. The molecule has 2 aromatic rings. The smallest absolute Gasteiger partial charge is 0.261 e. The van der Waals surface area contributed by atoms with Gasteiger partial charge in [0, 0.05) is 33.7 Å². The van der Waals surface area contributed by atoms with Crippen LogP contribution in [0.3, 0.4) is 0 Å². The average molecular weight is 472 g/mol. The maximum atomic E-state index is 13.1. The number of amides is 2. The van der Waals surface area contributed by atoms with Crippen molar-refractivity contribution in [3.63, 3.8) is 0 Å². The molecule has 0 radical (unpaired) electrons. The quantitative estimate of drug-likeness (QED) is 0.507. The van der Waals surface area contributed by atoms with Crippen LogP contribution in [0, 0.1) is 0 Å². The van der Waals surface area contributed by atoms with E-state index in [2.05, 4.69) is 5.32 Å². The maximum Gasteiger partial charge on any atom is 0.261 e. The Morgan fingerprint density at radius 1 is 1.03 bits per heavy atom. The van der Waals surface area contributed by atoms with E-state index >= 15 is 0 Å². The van der Waals surface area contributed by atoms with Crippen molar-refractivity contribution in [2.75, 3.05) is 13.2 Å². The molecule has 2 aromatic carbocycles. The minimum atomic E-state index is -0.676. The number of hydrogen-bond acceptors (Lipinski definition) is 3. The molecule has 2 amide bonds. The van der Waals surface area contributed by atoms with Crippen molar-refractivity contribution in [2.24, 2.45) is 0 Å². The molecule has 162 valence electrons. The normalized spacial score (nSPS) is 11.6. The SMILES string of the molecule is CCCNC(=O)[C@@H](CC)N(Cc1c(Cl)cccc1Cl)C(=O)COc1ccc(Cl)cc1. The maximum absolute atomic E-state index is 13.1. The first-order valence-corrected chi connectivity index (χ1v) is 10.9. The van der Waals surface area contributed by atoms with E-state index < -0.39 is 6.04 Å². The Morgan fingerprint density at radius 3 is 2.23 bits per heavy atom. The van der Waals surface area contributed by atoms with Gasteiger partial charge < -0.3 is 15.0 Å². The molecule has 30 heavy (non-hydrogen) atoms. The molecule has 0 heterocycles. The van der Waals surface area contributed by atoms with E-state index in [4.69, 9.17) is 39.5 Å². The van der Waals surface area contributed by atoms with Crippen LogP contribution in [0.1, 0.15) is 32.3 Å². The van der Waals surface area contributed by atoms with Crippen molar-refractivity contribution in [1.82, 2.24) is 10.2 Å². The van der Waals surface area contributed by atoms with Gasteiger partial charge in [0.1, 0.15) is 11.8 Å². The summed E-state index contributed by atoms with van der Waals surface area (Å²) in [4.78, 5) is 27.3. The molecule has 0 unspecified atom stereocenters. The Morgan fingerprint density at radius 2 is 1.67 bits per heavy atom. The van der Waals surface area contributed by atoms with Crippen molar-refractivity contribution in [3.8, 4) is 5.75 Å². The van der Waals surface area contributed by atoms with Gasteiger partial charge in [0.25, 0.3) is 5.91 Å². The summed E-state index contributed by atoms with van der Waals surface area (Å²) in [7, 11) is 0. The van der Waals surface area contributed by atoms with Crippen LogP contribution >= 0.6 is 34.8 Å². The number of rotatable bonds is 10. The van der Waals surface area contributed by atoms with Crippen LogP contribution in [-0.2, 0) is 16.1 Å². The number of hydrogen-bond donors (Lipinski definition) is 1. The van der Waals surface area contributed by atoms with Gasteiger partial charge in [0.15, 0.2) is 6.61 Å². The molecule has 0 fully saturated rings. The summed E-state index contributed by atoms with van der Waals surface area (Å²) in [6.45, 7) is 4.21. The number of carbonyl (C=O) groups excluding carboxylic acids is 2. The number of halogens is 3. The summed E-state index contributed by atoms with van der Waals surface area (Å²) in [5, 5.41) is 4.30. The molecule has 2 rings (SSSR count). The molecular weight excluding hydrogens is 447 g/mol. The van der Waals surface area contributed by atoms with E-state index in [1.54, 1.807) is 42.5 Å². The number of nitrogens with zero attached hydrogens (tertiary/aromatic N) is 1. The first-order chi connectivity index (χ1) is 14.4. The summed E-state index contributed by atoms with van der Waals surface area (Å²) in [5.41, 5.74) is 0.586. The molecule has 0 spiro atoms. The van der Waals surface area contributed by atoms with Crippen molar-refractivity contribution >= 4 is 46.6 Å². The van der Waals surface area contributed by atoms with E-state index in [-0.39, 0.29) is 25.0 Å². The molecule has 1 N–H and O–H groups in total. The van der Waals surface area contributed by atoms with Gasteiger partial charge in [-0.05, 0) is 49.2 Å². The summed E-state index contributed by atoms with van der Waals surface area (Å²) in [6, 6.07) is 11.2. The third-order valence-electron chi connectivity index (χ3n) is 4.50. The molecule has 0 aliphatic carbocycles. The van der Waals surface area contributed by atoms with Gasteiger partial charge in [-0.2, -0.15) is 0 Å². The lowest BCUT2D eigenvalue weighted by atomic mass is 10.1. The standard InChI is InChI=1S/C22H25Cl3N2O3/c1-3-12-26-22(29)20(4-2)27(13-17-18(24)6-5-7-19(17)25)21(28)14-30-16-10-8-15(23)9-11-16/h5-11,20H,3-4,12-14H2,1-2H3,(H,26,29)/t20-/m1/s1. The molecule has 0 aliphatic heterocycles. The Balaban J connectivity index is 2.25. The van der Waals surface area contributed by atoms with E-state index in [1.165, 1.54) is 4.90 Å². The van der Waals surface area contributed by atoms with Crippen LogP contribution in [0.2, 0.25) is 15.1 Å².